The number of ether oxygens (including phenoxy) is 1. The Morgan fingerprint density at radius 2 is 1.95 bits per heavy atom. The van der Waals surface area contributed by atoms with Gasteiger partial charge in [0.1, 0.15) is 11.4 Å². The molecule has 1 N–H and O–H groups in total. The molecule has 1 aromatic carbocycles. The fourth-order valence-electron chi connectivity index (χ4n) is 2.94. The lowest BCUT2D eigenvalue weighted by molar-refractivity contribution is -0.00376. The average molecular weight is 308 g/mol. The molecule has 5 heteroatoms. The maximum atomic E-state index is 13.7. The minimum absolute atomic E-state index is 0.284. The van der Waals surface area contributed by atoms with Crippen LogP contribution in [0.25, 0.3) is 0 Å². The fourth-order valence-corrected chi connectivity index (χ4v) is 2.94. The summed E-state index contributed by atoms with van der Waals surface area (Å²) in [5.41, 5.74) is -0.265. The monoisotopic (exact) mass is 308 g/mol. The van der Waals surface area contributed by atoms with Crippen molar-refractivity contribution in [1.29, 1.82) is 0 Å². The lowest BCUT2D eigenvalue weighted by Gasteiger charge is -2.45. The van der Waals surface area contributed by atoms with Crippen molar-refractivity contribution in [2.45, 2.75) is 44.8 Å². The van der Waals surface area contributed by atoms with Gasteiger partial charge in [0.25, 0.3) is 0 Å². The van der Waals surface area contributed by atoms with E-state index in [4.69, 9.17) is 4.74 Å². The Bertz CT molecular complexity index is 534. The van der Waals surface area contributed by atoms with Crippen molar-refractivity contribution in [2.24, 2.45) is 0 Å². The minimum Gasteiger partial charge on any atom is -0.444 e. The van der Waals surface area contributed by atoms with Gasteiger partial charge in [0, 0.05) is 7.05 Å². The van der Waals surface area contributed by atoms with E-state index < -0.39 is 11.1 Å². The molecule has 0 spiro atoms. The molecule has 4 nitrogen and oxygen atoms in total. The number of carbonyl (C=O) groups excluding carboxylic acids is 1. The van der Waals surface area contributed by atoms with Gasteiger partial charge in [-0.15, -0.1) is 0 Å². The van der Waals surface area contributed by atoms with Crippen molar-refractivity contribution in [2.75, 3.05) is 20.1 Å². The van der Waals surface area contributed by atoms with Gasteiger partial charge in [0.05, 0.1) is 5.54 Å². The first-order valence-electron chi connectivity index (χ1n) is 7.68. The SMILES string of the molecule is CN(C(=O)OC(C)(C)C)C1(c2cccc(F)c2)CCNCC1. The summed E-state index contributed by atoms with van der Waals surface area (Å²) < 4.78 is 19.2. The Labute approximate surface area is 131 Å². The zero-order valence-electron chi connectivity index (χ0n) is 13.8. The van der Waals surface area contributed by atoms with Crippen molar-refractivity contribution >= 4 is 6.09 Å². The van der Waals surface area contributed by atoms with Crippen molar-refractivity contribution in [3.8, 4) is 0 Å². The van der Waals surface area contributed by atoms with Gasteiger partial charge >= 0.3 is 6.09 Å². The molecular weight excluding hydrogens is 283 g/mol. The molecule has 1 saturated heterocycles. The van der Waals surface area contributed by atoms with Gasteiger partial charge in [-0.3, -0.25) is 0 Å². The van der Waals surface area contributed by atoms with Crippen LogP contribution in [0.5, 0.6) is 0 Å². The highest BCUT2D eigenvalue weighted by Crippen LogP contribution is 2.37. The van der Waals surface area contributed by atoms with Gasteiger partial charge in [-0.25, -0.2) is 9.18 Å². The van der Waals surface area contributed by atoms with E-state index in [-0.39, 0.29) is 11.9 Å². The number of halogens is 1. The highest BCUT2D eigenvalue weighted by atomic mass is 19.1. The Hall–Kier alpha value is -1.62. The van der Waals surface area contributed by atoms with E-state index in [1.165, 1.54) is 12.1 Å². The summed E-state index contributed by atoms with van der Waals surface area (Å²) >= 11 is 0. The third-order valence-electron chi connectivity index (χ3n) is 4.10. The Morgan fingerprint density at radius 1 is 1.32 bits per heavy atom. The molecule has 22 heavy (non-hydrogen) atoms. The van der Waals surface area contributed by atoms with Crippen LogP contribution in [-0.4, -0.2) is 36.7 Å². The number of carbonyl (C=O) groups is 1. The fraction of sp³-hybridized carbons (Fsp3) is 0.588. The first-order valence-corrected chi connectivity index (χ1v) is 7.68. The topological polar surface area (TPSA) is 41.6 Å². The van der Waals surface area contributed by atoms with E-state index in [1.54, 1.807) is 18.0 Å². The summed E-state index contributed by atoms with van der Waals surface area (Å²) in [6.45, 7) is 7.09. The Kier molecular flexibility index (Phi) is 4.75. The molecule has 0 atom stereocenters. The van der Waals surface area contributed by atoms with Gasteiger partial charge in [-0.2, -0.15) is 0 Å². The number of nitrogens with zero attached hydrogens (tertiary/aromatic N) is 1. The predicted molar refractivity (Wildman–Crippen MR) is 84.2 cm³/mol. The first-order chi connectivity index (χ1) is 10.2. The van der Waals surface area contributed by atoms with Gasteiger partial charge < -0.3 is 15.0 Å². The molecule has 1 fully saturated rings. The number of rotatable bonds is 2. The highest BCUT2D eigenvalue weighted by Gasteiger charge is 2.41. The number of benzene rings is 1. The predicted octanol–water partition coefficient (Wildman–Crippen LogP) is 3.27. The van der Waals surface area contributed by atoms with Crippen LogP contribution in [0, 0.1) is 5.82 Å². The second kappa shape index (κ2) is 6.24. The van der Waals surface area contributed by atoms with E-state index in [0.717, 1.165) is 31.5 Å². The smallest absolute Gasteiger partial charge is 0.410 e. The summed E-state index contributed by atoms with van der Waals surface area (Å²) in [5, 5.41) is 3.29. The summed E-state index contributed by atoms with van der Waals surface area (Å²) in [6.07, 6.45) is 1.08. The molecule has 0 unspecified atom stereocenters. The van der Waals surface area contributed by atoms with E-state index in [1.807, 2.05) is 26.8 Å². The molecule has 0 aromatic heterocycles. The van der Waals surface area contributed by atoms with Crippen LogP contribution in [0.4, 0.5) is 9.18 Å². The standard InChI is InChI=1S/C17H25FN2O2/c1-16(2,3)22-15(21)20(4)17(8-10-19-11-9-17)13-6-5-7-14(18)12-13/h5-7,12,19H,8-11H2,1-4H3. The maximum absolute atomic E-state index is 13.7. The van der Waals surface area contributed by atoms with Crippen LogP contribution in [0.3, 0.4) is 0 Å². The zero-order valence-corrected chi connectivity index (χ0v) is 13.8. The van der Waals surface area contributed by atoms with Crippen molar-refractivity contribution in [3.05, 3.63) is 35.6 Å². The third-order valence-corrected chi connectivity index (χ3v) is 4.10. The van der Waals surface area contributed by atoms with Crippen molar-refractivity contribution in [3.63, 3.8) is 0 Å². The van der Waals surface area contributed by atoms with Gasteiger partial charge in [0.15, 0.2) is 0 Å². The summed E-state index contributed by atoms with van der Waals surface area (Å²) in [4.78, 5) is 14.1. The minimum atomic E-state index is -0.554. The first kappa shape index (κ1) is 16.7. The number of amides is 1. The Morgan fingerprint density at radius 3 is 2.50 bits per heavy atom. The van der Waals surface area contributed by atoms with Crippen LogP contribution >= 0.6 is 0 Å². The highest BCUT2D eigenvalue weighted by molar-refractivity contribution is 5.69. The molecule has 2 rings (SSSR count). The van der Waals surface area contributed by atoms with E-state index in [2.05, 4.69) is 5.32 Å². The van der Waals surface area contributed by atoms with Crippen LogP contribution in [0.15, 0.2) is 24.3 Å². The number of hydrogen-bond acceptors (Lipinski definition) is 3. The molecule has 0 radical (unpaired) electrons. The van der Waals surface area contributed by atoms with Crippen LogP contribution in [0.1, 0.15) is 39.2 Å². The summed E-state index contributed by atoms with van der Waals surface area (Å²) in [6, 6.07) is 6.52. The van der Waals surface area contributed by atoms with Crippen LogP contribution < -0.4 is 5.32 Å². The number of hydrogen-bond donors (Lipinski definition) is 1. The number of nitrogens with one attached hydrogen (secondary N) is 1. The second-order valence-corrected chi connectivity index (χ2v) is 6.83. The molecule has 0 aliphatic carbocycles. The molecule has 1 aliphatic heterocycles. The molecule has 0 bridgehead atoms. The molecule has 1 heterocycles. The van der Waals surface area contributed by atoms with Crippen molar-refractivity contribution in [1.82, 2.24) is 10.2 Å². The largest absolute Gasteiger partial charge is 0.444 e. The van der Waals surface area contributed by atoms with E-state index in [0.29, 0.717) is 0 Å². The second-order valence-electron chi connectivity index (χ2n) is 6.83. The lowest BCUT2D eigenvalue weighted by atomic mass is 9.80. The van der Waals surface area contributed by atoms with Gasteiger partial charge in [-0.05, 0) is 64.4 Å². The maximum Gasteiger partial charge on any atom is 0.410 e. The van der Waals surface area contributed by atoms with Gasteiger partial charge in [-0.1, -0.05) is 12.1 Å². The van der Waals surface area contributed by atoms with Crippen molar-refractivity contribution < 1.29 is 13.9 Å². The van der Waals surface area contributed by atoms with E-state index in [9.17, 15) is 9.18 Å². The summed E-state index contributed by atoms with van der Waals surface area (Å²) in [7, 11) is 1.74. The molecule has 1 amide bonds. The lowest BCUT2D eigenvalue weighted by Crippen LogP contribution is -2.53. The molecule has 1 aliphatic rings. The number of piperidine rings is 1. The third kappa shape index (κ3) is 3.58. The van der Waals surface area contributed by atoms with Crippen LogP contribution in [0.2, 0.25) is 0 Å². The van der Waals surface area contributed by atoms with Gasteiger partial charge in [0.2, 0.25) is 0 Å². The molecule has 122 valence electrons. The average Bonchev–Trinajstić information content (AvgIpc) is 2.45. The molecule has 1 aromatic rings. The summed E-state index contributed by atoms with van der Waals surface area (Å²) in [5.74, 6) is -0.284. The van der Waals surface area contributed by atoms with Crippen LogP contribution in [-0.2, 0) is 10.3 Å². The molecular formula is C17H25FN2O2. The normalized spacial score (nSPS) is 17.9. The van der Waals surface area contributed by atoms with E-state index >= 15 is 0 Å². The Balaban J connectivity index is 2.35. The zero-order chi connectivity index (χ0) is 16.4. The molecule has 0 saturated carbocycles. The quantitative estimate of drug-likeness (QED) is 0.911.